The van der Waals surface area contributed by atoms with E-state index in [0.717, 1.165) is 61.2 Å². The molecule has 1 amide bonds. The molecule has 0 radical (unpaired) electrons. The van der Waals surface area contributed by atoms with Gasteiger partial charge in [0.2, 0.25) is 0 Å². The summed E-state index contributed by atoms with van der Waals surface area (Å²) in [5.74, 6) is 1.63. The van der Waals surface area contributed by atoms with Crippen LogP contribution >= 0.6 is 0 Å². The second kappa shape index (κ2) is 7.73. The number of amides is 1. The second-order valence-electron chi connectivity index (χ2n) is 10.1. The first-order valence-electron chi connectivity index (χ1n) is 11.9. The molecule has 0 spiro atoms. The zero-order valence-electron chi connectivity index (χ0n) is 19.3. The molecule has 1 saturated carbocycles. The van der Waals surface area contributed by atoms with Gasteiger partial charge in [0.25, 0.3) is 5.91 Å². The molecule has 8 nitrogen and oxygen atoms in total. The van der Waals surface area contributed by atoms with Crippen molar-refractivity contribution < 1.29 is 9.53 Å². The van der Waals surface area contributed by atoms with Gasteiger partial charge >= 0.3 is 0 Å². The van der Waals surface area contributed by atoms with Gasteiger partial charge in [0.05, 0.1) is 17.6 Å². The minimum atomic E-state index is -0.239. The zero-order chi connectivity index (χ0) is 22.6. The molecular weight excluding hydrogens is 416 g/mol. The van der Waals surface area contributed by atoms with Gasteiger partial charge in [-0.3, -0.25) is 9.69 Å². The van der Waals surface area contributed by atoms with E-state index >= 15 is 0 Å². The van der Waals surface area contributed by atoms with Crippen molar-refractivity contribution in [2.75, 3.05) is 42.9 Å². The molecule has 8 heteroatoms. The molecule has 1 saturated heterocycles. The summed E-state index contributed by atoms with van der Waals surface area (Å²) in [5.41, 5.74) is 3.76. The summed E-state index contributed by atoms with van der Waals surface area (Å²) in [6.45, 7) is 9.40. The van der Waals surface area contributed by atoms with E-state index in [1.807, 2.05) is 0 Å². The lowest BCUT2D eigenvalue weighted by atomic mass is 10.0. The number of benzene rings is 1. The largest absolute Gasteiger partial charge is 0.487 e. The normalized spacial score (nSPS) is 20.0. The molecule has 172 valence electrons. The van der Waals surface area contributed by atoms with Crippen molar-refractivity contribution in [2.24, 2.45) is 5.92 Å². The molecule has 0 atom stereocenters. The number of carbonyl (C=O) groups is 1. The number of aromatic nitrogens is 3. The van der Waals surface area contributed by atoms with Gasteiger partial charge in [-0.05, 0) is 44.7 Å². The van der Waals surface area contributed by atoms with Crippen molar-refractivity contribution in [2.45, 2.75) is 38.7 Å². The van der Waals surface area contributed by atoms with Crippen LogP contribution in [0.25, 0.3) is 5.65 Å². The van der Waals surface area contributed by atoms with Crippen LogP contribution in [0.4, 0.5) is 11.4 Å². The number of rotatable bonds is 5. The molecule has 0 unspecified atom stereocenters. The maximum Gasteiger partial charge on any atom is 0.261 e. The van der Waals surface area contributed by atoms with Gasteiger partial charge in [0.1, 0.15) is 16.9 Å². The Hall–Kier alpha value is -3.13. The van der Waals surface area contributed by atoms with E-state index in [1.165, 1.54) is 19.4 Å². The fraction of sp³-hybridized carbons (Fsp3) is 0.480. The average Bonchev–Trinajstić information content (AvgIpc) is 3.40. The Kier molecular flexibility index (Phi) is 4.79. The third kappa shape index (κ3) is 4.04. The number of hydrogen-bond donors (Lipinski definition) is 1. The molecule has 1 aliphatic carbocycles. The quantitative estimate of drug-likeness (QED) is 0.649. The molecule has 1 N–H and O–H groups in total. The third-order valence-electron chi connectivity index (χ3n) is 6.88. The highest BCUT2D eigenvalue weighted by molar-refractivity contribution is 6.09. The SMILES string of the molecule is CC1(C)Cc2cc(NC(=O)c3cnn4cccnc34)c(N3CCN(CC4CC4)CC3)cc2O1. The van der Waals surface area contributed by atoms with Crippen LogP contribution in [0, 0.1) is 5.92 Å². The topological polar surface area (TPSA) is 75.0 Å². The van der Waals surface area contributed by atoms with Crippen molar-refractivity contribution in [1.82, 2.24) is 19.5 Å². The van der Waals surface area contributed by atoms with E-state index in [0.29, 0.717) is 11.2 Å². The molecule has 2 fully saturated rings. The molecule has 0 bridgehead atoms. The van der Waals surface area contributed by atoms with Gasteiger partial charge in [0.15, 0.2) is 5.65 Å². The Morgan fingerprint density at radius 2 is 2.03 bits per heavy atom. The predicted octanol–water partition coefficient (Wildman–Crippen LogP) is 3.23. The Balaban J connectivity index is 1.29. The van der Waals surface area contributed by atoms with E-state index in [4.69, 9.17) is 4.74 Å². The van der Waals surface area contributed by atoms with Crippen LogP contribution in [0.5, 0.6) is 5.75 Å². The molecule has 33 heavy (non-hydrogen) atoms. The van der Waals surface area contributed by atoms with E-state index in [-0.39, 0.29) is 11.5 Å². The van der Waals surface area contributed by atoms with Gasteiger partial charge in [-0.1, -0.05) is 0 Å². The maximum atomic E-state index is 13.3. The summed E-state index contributed by atoms with van der Waals surface area (Å²) < 4.78 is 7.84. The minimum absolute atomic E-state index is 0.199. The standard InChI is InChI=1S/C25H30N6O2/c1-25(2)14-18-12-20(28-24(32)19-15-27-31-7-3-6-26-23(19)31)21(13-22(18)33-25)30-10-8-29(9-11-30)16-17-4-5-17/h3,6-7,12-13,15,17H,4-5,8-11,14,16H2,1-2H3,(H,28,32). The Labute approximate surface area is 193 Å². The van der Waals surface area contributed by atoms with E-state index in [1.54, 1.807) is 29.2 Å². The highest BCUT2D eigenvalue weighted by atomic mass is 16.5. The van der Waals surface area contributed by atoms with Gasteiger partial charge in [-0.25, -0.2) is 9.50 Å². The van der Waals surface area contributed by atoms with Crippen LogP contribution in [0.1, 0.15) is 42.6 Å². The Morgan fingerprint density at radius 1 is 1.21 bits per heavy atom. The number of nitrogens with one attached hydrogen (secondary N) is 1. The van der Waals surface area contributed by atoms with Crippen LogP contribution in [-0.2, 0) is 6.42 Å². The van der Waals surface area contributed by atoms with E-state index in [9.17, 15) is 4.79 Å². The third-order valence-corrected chi connectivity index (χ3v) is 6.88. The Bertz CT molecular complexity index is 1210. The molecule has 3 aromatic rings. The summed E-state index contributed by atoms with van der Waals surface area (Å²) in [6, 6.07) is 6.00. The smallest absolute Gasteiger partial charge is 0.261 e. The van der Waals surface area contributed by atoms with Crippen molar-refractivity contribution in [3.05, 3.63) is 47.9 Å². The predicted molar refractivity (Wildman–Crippen MR) is 127 cm³/mol. The number of hydrogen-bond acceptors (Lipinski definition) is 6. The monoisotopic (exact) mass is 446 g/mol. The molecule has 3 aliphatic rings. The van der Waals surface area contributed by atoms with Crippen molar-refractivity contribution in [3.8, 4) is 5.75 Å². The van der Waals surface area contributed by atoms with Crippen LogP contribution in [0.2, 0.25) is 0 Å². The summed E-state index contributed by atoms with van der Waals surface area (Å²) in [7, 11) is 0. The highest BCUT2D eigenvalue weighted by Crippen LogP contribution is 2.42. The summed E-state index contributed by atoms with van der Waals surface area (Å²) in [5, 5.41) is 7.43. The fourth-order valence-corrected chi connectivity index (χ4v) is 5.02. The summed E-state index contributed by atoms with van der Waals surface area (Å²) in [6.07, 6.45) is 8.63. The maximum absolute atomic E-state index is 13.3. The van der Waals surface area contributed by atoms with Crippen LogP contribution in [0.15, 0.2) is 36.8 Å². The van der Waals surface area contributed by atoms with Crippen molar-refractivity contribution in [3.63, 3.8) is 0 Å². The van der Waals surface area contributed by atoms with Crippen molar-refractivity contribution in [1.29, 1.82) is 0 Å². The van der Waals surface area contributed by atoms with E-state index < -0.39 is 0 Å². The first-order valence-corrected chi connectivity index (χ1v) is 11.9. The average molecular weight is 447 g/mol. The van der Waals surface area contributed by atoms with Crippen molar-refractivity contribution >= 4 is 22.9 Å². The lowest BCUT2D eigenvalue weighted by molar-refractivity contribution is 0.102. The van der Waals surface area contributed by atoms with Crippen LogP contribution in [0.3, 0.4) is 0 Å². The summed E-state index contributed by atoms with van der Waals surface area (Å²) >= 11 is 0. The van der Waals surface area contributed by atoms with Gasteiger partial charge < -0.3 is 15.0 Å². The molecule has 2 aromatic heterocycles. The highest BCUT2D eigenvalue weighted by Gasteiger charge is 2.33. The second-order valence-corrected chi connectivity index (χ2v) is 10.1. The molecule has 1 aromatic carbocycles. The summed E-state index contributed by atoms with van der Waals surface area (Å²) in [4.78, 5) is 22.6. The first kappa shape index (κ1) is 20.5. The number of piperazine rings is 1. The molecular formula is C25H30N6O2. The van der Waals surface area contributed by atoms with Gasteiger partial charge in [-0.15, -0.1) is 0 Å². The Morgan fingerprint density at radius 3 is 2.82 bits per heavy atom. The number of ether oxygens (including phenoxy) is 1. The number of nitrogens with zero attached hydrogens (tertiary/aromatic N) is 5. The zero-order valence-corrected chi connectivity index (χ0v) is 19.3. The fourth-order valence-electron chi connectivity index (χ4n) is 5.02. The number of carbonyl (C=O) groups excluding carboxylic acids is 1. The van der Waals surface area contributed by atoms with Gasteiger partial charge in [-0.2, -0.15) is 5.10 Å². The number of anilines is 2. The van der Waals surface area contributed by atoms with E-state index in [2.05, 4.69) is 51.2 Å². The van der Waals surface area contributed by atoms with Crippen LogP contribution < -0.4 is 15.0 Å². The lowest BCUT2D eigenvalue weighted by Crippen LogP contribution is -2.47. The molecule has 2 aliphatic heterocycles. The first-order chi connectivity index (χ1) is 15.9. The minimum Gasteiger partial charge on any atom is -0.487 e. The van der Waals surface area contributed by atoms with Gasteiger partial charge in [0, 0.05) is 63.2 Å². The lowest BCUT2D eigenvalue weighted by Gasteiger charge is -2.37. The molecule has 4 heterocycles. The number of fused-ring (bicyclic) bond motifs is 2. The molecule has 6 rings (SSSR count). The van der Waals surface area contributed by atoms with Crippen LogP contribution in [-0.4, -0.2) is 63.7 Å².